The largest absolute Gasteiger partial charge is 0.333 e. The van der Waals surface area contributed by atoms with Gasteiger partial charge in [-0.2, -0.15) is 0 Å². The van der Waals surface area contributed by atoms with Gasteiger partial charge in [-0.25, -0.2) is 17.9 Å². The molecule has 0 radical (unpaired) electrons. The van der Waals surface area contributed by atoms with E-state index in [1.807, 2.05) is 47.6 Å². The lowest BCUT2D eigenvalue weighted by Gasteiger charge is -2.21. The van der Waals surface area contributed by atoms with Crippen LogP contribution in [0, 0.1) is 0 Å². The van der Waals surface area contributed by atoms with Crippen molar-refractivity contribution in [2.75, 3.05) is 5.32 Å². The molecule has 0 saturated heterocycles. The number of sulfonamides is 1. The zero-order valence-corrected chi connectivity index (χ0v) is 19.3. The predicted molar refractivity (Wildman–Crippen MR) is 120 cm³/mol. The summed E-state index contributed by atoms with van der Waals surface area (Å²) in [5.41, 5.74) is 3.20. The van der Waals surface area contributed by atoms with Crippen LogP contribution in [0.15, 0.2) is 41.3 Å². The fraction of sp³-hybridized carbons (Fsp3) is 0.409. The number of rotatable bonds is 6. The van der Waals surface area contributed by atoms with E-state index in [9.17, 15) is 13.2 Å². The minimum absolute atomic E-state index is 0.0584. The first-order chi connectivity index (χ1) is 13.4. The summed E-state index contributed by atoms with van der Waals surface area (Å²) in [6.07, 6.45) is 0. The van der Waals surface area contributed by atoms with Crippen LogP contribution in [0.2, 0.25) is 5.02 Å². The van der Waals surface area contributed by atoms with E-state index < -0.39 is 16.1 Å². The quantitative estimate of drug-likeness (QED) is 0.564. The molecule has 0 spiro atoms. The van der Waals surface area contributed by atoms with Gasteiger partial charge in [-0.3, -0.25) is 0 Å². The zero-order chi connectivity index (χ0) is 21.9. The summed E-state index contributed by atoms with van der Waals surface area (Å²) in [6, 6.07) is 9.40. The van der Waals surface area contributed by atoms with Gasteiger partial charge in [0.2, 0.25) is 0 Å². The monoisotopic (exact) mass is 436 g/mol. The van der Waals surface area contributed by atoms with E-state index >= 15 is 0 Å². The van der Waals surface area contributed by atoms with Crippen molar-refractivity contribution in [3.05, 3.63) is 58.1 Å². The molecule has 158 valence electrons. The van der Waals surface area contributed by atoms with Gasteiger partial charge in [0.25, 0.3) is 10.0 Å². The molecule has 0 aromatic heterocycles. The molecule has 2 aromatic rings. The molecule has 7 heteroatoms. The Morgan fingerprint density at radius 2 is 1.45 bits per heavy atom. The number of nitrogens with one attached hydrogen (secondary N) is 2. The van der Waals surface area contributed by atoms with Crippen LogP contribution in [-0.4, -0.2) is 14.4 Å². The molecule has 2 amide bonds. The average Bonchev–Trinajstić information content (AvgIpc) is 2.62. The summed E-state index contributed by atoms with van der Waals surface area (Å²) in [6.45, 7) is 11.9. The highest BCUT2D eigenvalue weighted by Gasteiger charge is 2.22. The summed E-state index contributed by atoms with van der Waals surface area (Å²) in [5.74, 6) is 0.372. The third-order valence-corrected chi connectivity index (χ3v) is 6.26. The first-order valence-corrected chi connectivity index (χ1v) is 11.6. The summed E-state index contributed by atoms with van der Waals surface area (Å²) in [7, 11) is -4.00. The standard InChI is InChI=1S/C22H29ClN2O3S/c1-13(2)16-8-7-9-18(10-16)29(27,28)25-22(26)24-21-19(14(3)4)11-17(23)12-20(21)15(5)6/h7-15H,1-6H3,(H2,24,25,26). The molecule has 0 heterocycles. The second kappa shape index (κ2) is 9.18. The lowest BCUT2D eigenvalue weighted by Crippen LogP contribution is -2.35. The fourth-order valence-corrected chi connectivity index (χ4v) is 4.26. The Morgan fingerprint density at radius 1 is 0.897 bits per heavy atom. The van der Waals surface area contributed by atoms with E-state index in [1.165, 1.54) is 6.07 Å². The maximum Gasteiger partial charge on any atom is 0.333 e. The number of anilines is 1. The minimum atomic E-state index is -4.00. The molecule has 0 atom stereocenters. The minimum Gasteiger partial charge on any atom is -0.307 e. The second-order valence-electron chi connectivity index (χ2n) is 8.06. The van der Waals surface area contributed by atoms with Crippen molar-refractivity contribution in [1.82, 2.24) is 4.72 Å². The number of hydrogen-bond donors (Lipinski definition) is 2. The van der Waals surface area contributed by atoms with Gasteiger partial charge in [0.15, 0.2) is 0 Å². The predicted octanol–water partition coefficient (Wildman–Crippen LogP) is 6.22. The third kappa shape index (κ3) is 5.73. The van der Waals surface area contributed by atoms with Gasteiger partial charge in [-0.05, 0) is 58.7 Å². The van der Waals surface area contributed by atoms with Gasteiger partial charge in [0.1, 0.15) is 0 Å². The Kier molecular flexibility index (Phi) is 7.35. The first-order valence-electron chi connectivity index (χ1n) is 9.69. The SMILES string of the molecule is CC(C)c1cccc(S(=O)(=O)NC(=O)Nc2c(C(C)C)cc(Cl)cc2C(C)C)c1. The molecular formula is C22H29ClN2O3S. The molecule has 0 saturated carbocycles. The summed E-state index contributed by atoms with van der Waals surface area (Å²) in [4.78, 5) is 12.7. The van der Waals surface area contributed by atoms with Crippen LogP contribution in [0.5, 0.6) is 0 Å². The van der Waals surface area contributed by atoms with Crippen LogP contribution >= 0.6 is 11.6 Å². The van der Waals surface area contributed by atoms with Crippen molar-refractivity contribution in [3.8, 4) is 0 Å². The van der Waals surface area contributed by atoms with Gasteiger partial charge in [-0.15, -0.1) is 0 Å². The topological polar surface area (TPSA) is 75.3 Å². The number of benzene rings is 2. The summed E-state index contributed by atoms with van der Waals surface area (Å²) < 4.78 is 27.5. The van der Waals surface area contributed by atoms with Crippen LogP contribution in [0.25, 0.3) is 0 Å². The number of carbonyl (C=O) groups is 1. The third-order valence-electron chi connectivity index (χ3n) is 4.71. The lowest BCUT2D eigenvalue weighted by atomic mass is 9.92. The van der Waals surface area contributed by atoms with Crippen molar-refractivity contribution < 1.29 is 13.2 Å². The fourth-order valence-electron chi connectivity index (χ4n) is 3.07. The van der Waals surface area contributed by atoms with Crippen LogP contribution < -0.4 is 10.0 Å². The Balaban J connectivity index is 2.35. The molecule has 0 unspecified atom stereocenters. The highest BCUT2D eigenvalue weighted by Crippen LogP contribution is 2.35. The van der Waals surface area contributed by atoms with Gasteiger partial charge in [0, 0.05) is 10.7 Å². The Bertz CT molecular complexity index is 970. The summed E-state index contributed by atoms with van der Waals surface area (Å²) in [5, 5.41) is 3.33. The molecule has 29 heavy (non-hydrogen) atoms. The van der Waals surface area contributed by atoms with Crippen LogP contribution in [0.4, 0.5) is 10.5 Å². The molecule has 0 aliphatic heterocycles. The van der Waals surface area contributed by atoms with E-state index in [0.29, 0.717) is 10.7 Å². The molecule has 0 bridgehead atoms. The van der Waals surface area contributed by atoms with Gasteiger partial charge < -0.3 is 5.32 Å². The average molecular weight is 437 g/mol. The smallest absolute Gasteiger partial charge is 0.307 e. The zero-order valence-electron chi connectivity index (χ0n) is 17.7. The number of amides is 2. The van der Waals surface area contributed by atoms with E-state index in [-0.39, 0.29) is 22.6 Å². The molecule has 5 nitrogen and oxygen atoms in total. The van der Waals surface area contributed by atoms with Crippen molar-refractivity contribution in [1.29, 1.82) is 0 Å². The molecule has 2 aromatic carbocycles. The Morgan fingerprint density at radius 3 is 1.93 bits per heavy atom. The highest BCUT2D eigenvalue weighted by molar-refractivity contribution is 7.90. The number of urea groups is 1. The first kappa shape index (κ1) is 23.2. The number of carbonyl (C=O) groups excluding carboxylic acids is 1. The molecule has 2 rings (SSSR count). The van der Waals surface area contributed by atoms with Gasteiger partial charge >= 0.3 is 6.03 Å². The van der Waals surface area contributed by atoms with E-state index in [4.69, 9.17) is 11.6 Å². The number of hydrogen-bond acceptors (Lipinski definition) is 3. The maximum atomic E-state index is 12.7. The van der Waals surface area contributed by atoms with Crippen molar-refractivity contribution in [3.63, 3.8) is 0 Å². The second-order valence-corrected chi connectivity index (χ2v) is 10.2. The molecule has 2 N–H and O–H groups in total. The van der Waals surface area contributed by atoms with E-state index in [1.54, 1.807) is 24.3 Å². The van der Waals surface area contributed by atoms with Gasteiger partial charge in [-0.1, -0.05) is 65.3 Å². The highest BCUT2D eigenvalue weighted by atomic mass is 35.5. The lowest BCUT2D eigenvalue weighted by molar-refractivity contribution is 0.256. The Labute approximate surface area is 178 Å². The summed E-state index contributed by atoms with van der Waals surface area (Å²) >= 11 is 6.25. The Hall–Kier alpha value is -2.05. The van der Waals surface area contributed by atoms with Crippen molar-refractivity contribution >= 4 is 33.3 Å². The van der Waals surface area contributed by atoms with Gasteiger partial charge in [0.05, 0.1) is 4.90 Å². The van der Waals surface area contributed by atoms with Crippen LogP contribution in [-0.2, 0) is 10.0 Å². The number of halogens is 1. The van der Waals surface area contributed by atoms with E-state index in [2.05, 4.69) is 10.0 Å². The maximum absolute atomic E-state index is 12.7. The van der Waals surface area contributed by atoms with Crippen molar-refractivity contribution in [2.24, 2.45) is 0 Å². The molecule has 0 aliphatic rings. The van der Waals surface area contributed by atoms with Crippen LogP contribution in [0.1, 0.15) is 76.0 Å². The normalized spacial score (nSPS) is 11.9. The van der Waals surface area contributed by atoms with Crippen molar-refractivity contribution in [2.45, 2.75) is 64.2 Å². The van der Waals surface area contributed by atoms with Crippen LogP contribution in [0.3, 0.4) is 0 Å². The molecular weight excluding hydrogens is 408 g/mol. The van der Waals surface area contributed by atoms with E-state index in [0.717, 1.165) is 16.7 Å². The molecule has 0 aliphatic carbocycles. The molecule has 0 fully saturated rings.